The molecule has 128 valence electrons. The largest absolute Gasteiger partial charge is 0.338 e. The first-order valence-electron chi connectivity index (χ1n) is 8.02. The minimum absolute atomic E-state index is 0.0208. The van der Waals surface area contributed by atoms with Crippen molar-refractivity contribution < 1.29 is 13.6 Å². The summed E-state index contributed by atoms with van der Waals surface area (Å²) in [6.45, 7) is 0.982. The first-order chi connectivity index (χ1) is 12.1. The maximum absolute atomic E-state index is 13.4. The van der Waals surface area contributed by atoms with Gasteiger partial charge in [-0.3, -0.25) is 9.89 Å². The van der Waals surface area contributed by atoms with Gasteiger partial charge in [0.2, 0.25) is 0 Å². The zero-order valence-corrected chi connectivity index (χ0v) is 13.2. The topological polar surface area (TPSA) is 74.8 Å². The number of nitrogens with one attached hydrogen (secondary N) is 1. The third kappa shape index (κ3) is 2.95. The molecule has 25 heavy (non-hydrogen) atoms. The molecular formula is C17H15F2N5O. The Balaban J connectivity index is 1.59. The molecule has 1 aliphatic heterocycles. The summed E-state index contributed by atoms with van der Waals surface area (Å²) in [4.78, 5) is 22.7. The van der Waals surface area contributed by atoms with E-state index in [1.807, 2.05) is 0 Å². The third-order valence-electron chi connectivity index (χ3n) is 4.44. The molecule has 0 aliphatic carbocycles. The molecule has 0 saturated carbocycles. The molecule has 1 aliphatic rings. The van der Waals surface area contributed by atoms with Gasteiger partial charge in [0.15, 0.2) is 5.65 Å². The van der Waals surface area contributed by atoms with Gasteiger partial charge in [0.05, 0.1) is 5.69 Å². The monoisotopic (exact) mass is 343 g/mol. The Morgan fingerprint density at radius 3 is 2.72 bits per heavy atom. The summed E-state index contributed by atoms with van der Waals surface area (Å²) in [6, 6.07) is 2.88. The maximum atomic E-state index is 13.4. The molecule has 4 rings (SSSR count). The lowest BCUT2D eigenvalue weighted by Gasteiger charge is -2.32. The van der Waals surface area contributed by atoms with Gasteiger partial charge in [-0.1, -0.05) is 0 Å². The van der Waals surface area contributed by atoms with Crippen LogP contribution in [0.25, 0.3) is 11.2 Å². The molecule has 1 aromatic carbocycles. The summed E-state index contributed by atoms with van der Waals surface area (Å²) in [6.07, 6.45) is 4.83. The number of likely N-dealkylation sites (tertiary alicyclic amines) is 1. The Labute approximate surface area is 141 Å². The van der Waals surface area contributed by atoms with Crippen LogP contribution in [0.2, 0.25) is 0 Å². The Bertz CT molecular complexity index is 921. The first-order valence-corrected chi connectivity index (χ1v) is 8.02. The highest BCUT2D eigenvalue weighted by molar-refractivity contribution is 5.94. The van der Waals surface area contributed by atoms with Gasteiger partial charge in [0.1, 0.15) is 17.2 Å². The van der Waals surface area contributed by atoms with Gasteiger partial charge in [-0.25, -0.2) is 18.7 Å². The summed E-state index contributed by atoms with van der Waals surface area (Å²) < 4.78 is 26.8. The van der Waals surface area contributed by atoms with E-state index in [-0.39, 0.29) is 17.4 Å². The number of hydrogen-bond donors (Lipinski definition) is 1. The Hall–Kier alpha value is -2.90. The highest BCUT2D eigenvalue weighted by atomic mass is 19.1. The molecule has 0 bridgehead atoms. The van der Waals surface area contributed by atoms with Crippen LogP contribution in [0.15, 0.2) is 30.6 Å². The van der Waals surface area contributed by atoms with E-state index in [4.69, 9.17) is 0 Å². The first kappa shape index (κ1) is 15.6. The van der Waals surface area contributed by atoms with Crippen molar-refractivity contribution in [2.75, 3.05) is 13.1 Å². The van der Waals surface area contributed by atoms with Crippen molar-refractivity contribution in [3.63, 3.8) is 0 Å². The Morgan fingerprint density at radius 1 is 1.16 bits per heavy atom. The van der Waals surface area contributed by atoms with E-state index in [9.17, 15) is 13.6 Å². The standard InChI is InChI=1S/C17H15F2N5O/c18-12-6-11(7-13(19)8-12)17(25)24-5-1-2-10(9-24)14-15-16(23-22-14)21-4-3-20-15/h3-4,6-8,10H,1-2,5,9H2,(H,21,22,23). The number of rotatable bonds is 2. The van der Waals surface area contributed by atoms with Crippen LogP contribution in [-0.2, 0) is 0 Å². The lowest BCUT2D eigenvalue weighted by Crippen LogP contribution is -2.39. The second kappa shape index (κ2) is 6.19. The molecule has 1 atom stereocenters. The van der Waals surface area contributed by atoms with E-state index in [1.54, 1.807) is 17.3 Å². The molecule has 1 N–H and O–H groups in total. The van der Waals surface area contributed by atoms with Crippen LogP contribution < -0.4 is 0 Å². The van der Waals surface area contributed by atoms with Crippen molar-refractivity contribution in [3.8, 4) is 0 Å². The number of H-pyrrole nitrogens is 1. The third-order valence-corrected chi connectivity index (χ3v) is 4.44. The van der Waals surface area contributed by atoms with Gasteiger partial charge in [-0.15, -0.1) is 0 Å². The number of carbonyl (C=O) groups is 1. The van der Waals surface area contributed by atoms with Crippen molar-refractivity contribution in [1.82, 2.24) is 25.1 Å². The van der Waals surface area contributed by atoms with Crippen LogP contribution in [0.1, 0.15) is 34.8 Å². The summed E-state index contributed by atoms with van der Waals surface area (Å²) >= 11 is 0. The lowest BCUT2D eigenvalue weighted by molar-refractivity contribution is 0.0705. The van der Waals surface area contributed by atoms with Crippen LogP contribution >= 0.6 is 0 Å². The lowest BCUT2D eigenvalue weighted by atomic mass is 9.93. The molecule has 3 aromatic rings. The van der Waals surface area contributed by atoms with Crippen LogP contribution in [0.3, 0.4) is 0 Å². The number of nitrogens with zero attached hydrogens (tertiary/aromatic N) is 4. The van der Waals surface area contributed by atoms with Crippen LogP contribution in [0.5, 0.6) is 0 Å². The van der Waals surface area contributed by atoms with Crippen LogP contribution in [0.4, 0.5) is 8.78 Å². The average molecular weight is 343 g/mol. The Morgan fingerprint density at radius 2 is 1.92 bits per heavy atom. The van der Waals surface area contributed by atoms with E-state index in [2.05, 4.69) is 20.2 Å². The second-order valence-electron chi connectivity index (χ2n) is 6.11. The summed E-state index contributed by atoms with van der Waals surface area (Å²) in [5, 5.41) is 7.11. The summed E-state index contributed by atoms with van der Waals surface area (Å²) in [5.41, 5.74) is 2.09. The minimum atomic E-state index is -0.758. The van der Waals surface area contributed by atoms with Crippen molar-refractivity contribution >= 4 is 17.1 Å². The van der Waals surface area contributed by atoms with E-state index in [0.717, 1.165) is 36.7 Å². The SMILES string of the molecule is O=C(c1cc(F)cc(F)c1)N1CCCC(c2[nH]nc3nccnc23)C1. The number of carbonyl (C=O) groups excluding carboxylic acids is 1. The van der Waals surface area contributed by atoms with Crippen molar-refractivity contribution in [2.24, 2.45) is 0 Å². The number of aromatic amines is 1. The minimum Gasteiger partial charge on any atom is -0.338 e. The van der Waals surface area contributed by atoms with Gasteiger partial charge >= 0.3 is 0 Å². The van der Waals surface area contributed by atoms with Crippen molar-refractivity contribution in [2.45, 2.75) is 18.8 Å². The average Bonchev–Trinajstić information content (AvgIpc) is 3.04. The smallest absolute Gasteiger partial charge is 0.254 e. The number of benzene rings is 1. The number of amides is 1. The molecule has 0 spiro atoms. The van der Waals surface area contributed by atoms with Crippen LogP contribution in [0, 0.1) is 11.6 Å². The number of aromatic nitrogens is 4. The maximum Gasteiger partial charge on any atom is 0.254 e. The normalized spacial score (nSPS) is 17.8. The molecular weight excluding hydrogens is 328 g/mol. The number of piperidine rings is 1. The predicted octanol–water partition coefficient (Wildman–Crippen LogP) is 2.65. The number of fused-ring (bicyclic) bond motifs is 1. The highest BCUT2D eigenvalue weighted by Gasteiger charge is 2.28. The van der Waals surface area contributed by atoms with Gasteiger partial charge in [0, 0.05) is 43.0 Å². The molecule has 1 saturated heterocycles. The summed E-state index contributed by atoms with van der Waals surface area (Å²) in [7, 11) is 0. The quantitative estimate of drug-likeness (QED) is 0.776. The summed E-state index contributed by atoms with van der Waals surface area (Å²) in [5.74, 6) is -1.87. The van der Waals surface area contributed by atoms with E-state index >= 15 is 0 Å². The zero-order valence-electron chi connectivity index (χ0n) is 13.2. The van der Waals surface area contributed by atoms with E-state index in [1.165, 1.54) is 0 Å². The number of halogens is 2. The fourth-order valence-corrected chi connectivity index (χ4v) is 3.31. The van der Waals surface area contributed by atoms with Crippen molar-refractivity contribution in [3.05, 3.63) is 53.5 Å². The molecule has 8 heteroatoms. The molecule has 1 amide bonds. The van der Waals surface area contributed by atoms with Gasteiger partial charge < -0.3 is 4.90 Å². The van der Waals surface area contributed by atoms with E-state index in [0.29, 0.717) is 24.3 Å². The zero-order chi connectivity index (χ0) is 17.4. The van der Waals surface area contributed by atoms with Gasteiger partial charge in [0.25, 0.3) is 5.91 Å². The molecule has 0 radical (unpaired) electrons. The van der Waals surface area contributed by atoms with Crippen LogP contribution in [-0.4, -0.2) is 44.1 Å². The highest BCUT2D eigenvalue weighted by Crippen LogP contribution is 2.29. The molecule has 1 unspecified atom stereocenters. The fourth-order valence-electron chi connectivity index (χ4n) is 3.31. The second-order valence-corrected chi connectivity index (χ2v) is 6.11. The fraction of sp³-hybridized carbons (Fsp3) is 0.294. The molecule has 6 nitrogen and oxygen atoms in total. The molecule has 1 fully saturated rings. The van der Waals surface area contributed by atoms with Gasteiger partial charge in [-0.2, -0.15) is 5.10 Å². The van der Waals surface area contributed by atoms with E-state index < -0.39 is 11.6 Å². The Kier molecular flexibility index (Phi) is 3.87. The number of hydrogen-bond acceptors (Lipinski definition) is 4. The van der Waals surface area contributed by atoms with Crippen molar-refractivity contribution in [1.29, 1.82) is 0 Å². The van der Waals surface area contributed by atoms with Gasteiger partial charge in [-0.05, 0) is 25.0 Å². The molecule has 3 heterocycles. The molecule has 2 aromatic heterocycles. The predicted molar refractivity (Wildman–Crippen MR) is 85.9 cm³/mol.